The second-order valence-corrected chi connectivity index (χ2v) is 9.89. The van der Waals surface area contributed by atoms with Crippen LogP contribution >= 0.6 is 15.9 Å². The van der Waals surface area contributed by atoms with Gasteiger partial charge in [0.1, 0.15) is 12.1 Å². The van der Waals surface area contributed by atoms with E-state index in [4.69, 9.17) is 0 Å². The maximum atomic E-state index is 13.5. The van der Waals surface area contributed by atoms with Crippen LogP contribution in [0.5, 0.6) is 0 Å². The van der Waals surface area contributed by atoms with Crippen LogP contribution in [0.25, 0.3) is 0 Å². The number of nitrogens with zero attached hydrogens (tertiary/aromatic N) is 4. The van der Waals surface area contributed by atoms with Gasteiger partial charge in [0.25, 0.3) is 0 Å². The highest BCUT2D eigenvalue weighted by Gasteiger charge is 2.32. The Kier molecular flexibility index (Phi) is 6.92. The van der Waals surface area contributed by atoms with Crippen molar-refractivity contribution in [3.05, 3.63) is 51.9 Å². The zero-order valence-electron chi connectivity index (χ0n) is 18.6. The summed E-state index contributed by atoms with van der Waals surface area (Å²) in [5, 5.41) is 3.46. The first kappa shape index (κ1) is 22.2. The number of rotatable bonds is 6. The van der Waals surface area contributed by atoms with E-state index in [-0.39, 0.29) is 11.8 Å². The van der Waals surface area contributed by atoms with E-state index in [0.717, 1.165) is 54.9 Å². The maximum absolute atomic E-state index is 13.5. The van der Waals surface area contributed by atoms with Gasteiger partial charge in [-0.25, -0.2) is 9.97 Å². The van der Waals surface area contributed by atoms with E-state index >= 15 is 0 Å². The summed E-state index contributed by atoms with van der Waals surface area (Å²) in [5.41, 5.74) is 3.58. The molecular weight excluding hydrogens is 454 g/mol. The van der Waals surface area contributed by atoms with E-state index < -0.39 is 0 Å². The van der Waals surface area contributed by atoms with Crippen LogP contribution in [0.2, 0.25) is 0 Å². The van der Waals surface area contributed by atoms with Gasteiger partial charge in [-0.05, 0) is 36.5 Å². The lowest BCUT2D eigenvalue weighted by molar-refractivity contribution is -0.133. The van der Waals surface area contributed by atoms with Crippen LogP contribution in [0.4, 0.5) is 5.82 Å². The van der Waals surface area contributed by atoms with Crippen molar-refractivity contribution in [1.82, 2.24) is 20.2 Å². The Balaban J connectivity index is 1.46. The minimum absolute atomic E-state index is 0.176. The van der Waals surface area contributed by atoms with Gasteiger partial charge in [-0.1, -0.05) is 48.8 Å². The Bertz CT molecular complexity index is 909. The highest BCUT2D eigenvalue weighted by Crippen LogP contribution is 2.37. The molecule has 0 spiro atoms. The monoisotopic (exact) mass is 485 g/mol. The molecule has 2 aliphatic rings. The molecule has 1 aromatic heterocycles. The van der Waals surface area contributed by atoms with Crippen molar-refractivity contribution >= 4 is 27.7 Å². The maximum Gasteiger partial charge on any atom is 0.231 e. The van der Waals surface area contributed by atoms with Crippen LogP contribution in [-0.4, -0.2) is 59.5 Å². The van der Waals surface area contributed by atoms with Gasteiger partial charge in [-0.15, -0.1) is 0 Å². The summed E-state index contributed by atoms with van der Waals surface area (Å²) >= 11 is 3.50. The highest BCUT2D eigenvalue weighted by atomic mass is 79.9. The van der Waals surface area contributed by atoms with Gasteiger partial charge < -0.3 is 15.1 Å². The number of carbonyl (C=O) groups is 1. The molecule has 6 nitrogen and oxygen atoms in total. The molecule has 2 aromatic rings. The van der Waals surface area contributed by atoms with E-state index in [9.17, 15) is 4.79 Å². The quantitative estimate of drug-likeness (QED) is 0.675. The number of aryl methyl sites for hydroxylation is 1. The highest BCUT2D eigenvalue weighted by molar-refractivity contribution is 9.10. The molecular formula is C24H32BrN5O. The number of aromatic nitrogens is 2. The first-order valence-electron chi connectivity index (χ1n) is 11.3. The first-order chi connectivity index (χ1) is 14.9. The molecule has 0 saturated carbocycles. The number of nitrogens with one attached hydrogen (secondary N) is 1. The van der Waals surface area contributed by atoms with E-state index in [2.05, 4.69) is 69.0 Å². The van der Waals surface area contributed by atoms with E-state index in [0.29, 0.717) is 18.5 Å². The van der Waals surface area contributed by atoms with Crippen LogP contribution in [0.3, 0.4) is 0 Å². The lowest BCUT2D eigenvalue weighted by atomic mass is 9.96. The van der Waals surface area contributed by atoms with Crippen LogP contribution < -0.4 is 10.2 Å². The summed E-state index contributed by atoms with van der Waals surface area (Å²) in [6, 6.07) is 8.47. The van der Waals surface area contributed by atoms with Crippen LogP contribution in [0.1, 0.15) is 55.8 Å². The number of halogens is 1. The molecule has 2 heterocycles. The lowest BCUT2D eigenvalue weighted by Crippen LogP contribution is -2.51. The smallest absolute Gasteiger partial charge is 0.231 e. The third-order valence-corrected chi connectivity index (χ3v) is 6.97. The van der Waals surface area contributed by atoms with Crippen molar-refractivity contribution < 1.29 is 4.79 Å². The fourth-order valence-electron chi connectivity index (χ4n) is 4.63. The molecule has 4 rings (SSSR count). The lowest BCUT2D eigenvalue weighted by Gasteiger charge is -2.38. The number of hydrogen-bond donors (Lipinski definition) is 1. The number of piperazine rings is 1. The van der Waals surface area contributed by atoms with Crippen LogP contribution in [0.15, 0.2) is 35.1 Å². The molecule has 31 heavy (non-hydrogen) atoms. The summed E-state index contributed by atoms with van der Waals surface area (Å²) in [4.78, 5) is 27.0. The van der Waals surface area contributed by atoms with Crippen molar-refractivity contribution in [3.63, 3.8) is 0 Å². The SMILES string of the molecule is CC(C)NCC(C(=O)N1CCN(c2ncnc3c2[C@H](C)CC3)CC1)c1ccc(Br)cc1. The summed E-state index contributed by atoms with van der Waals surface area (Å²) < 4.78 is 1.03. The molecule has 1 aromatic carbocycles. The predicted molar refractivity (Wildman–Crippen MR) is 128 cm³/mol. The molecule has 2 atom stereocenters. The Hall–Kier alpha value is -1.99. The van der Waals surface area contributed by atoms with Crippen molar-refractivity contribution in [2.75, 3.05) is 37.6 Å². The average Bonchev–Trinajstić information content (AvgIpc) is 3.16. The van der Waals surface area contributed by atoms with E-state index in [1.54, 1.807) is 6.33 Å². The minimum atomic E-state index is -0.176. The number of anilines is 1. The van der Waals surface area contributed by atoms with Gasteiger partial charge >= 0.3 is 0 Å². The van der Waals surface area contributed by atoms with Crippen molar-refractivity contribution in [2.45, 2.75) is 51.5 Å². The van der Waals surface area contributed by atoms with Crippen LogP contribution in [-0.2, 0) is 11.2 Å². The van der Waals surface area contributed by atoms with Crippen molar-refractivity contribution in [3.8, 4) is 0 Å². The summed E-state index contributed by atoms with van der Waals surface area (Å²) in [6.07, 6.45) is 3.89. The Morgan fingerprint density at radius 3 is 2.55 bits per heavy atom. The Labute approximate surface area is 193 Å². The molecule has 1 fully saturated rings. The predicted octanol–water partition coefficient (Wildman–Crippen LogP) is 3.72. The summed E-state index contributed by atoms with van der Waals surface area (Å²) in [6.45, 7) is 10.2. The van der Waals surface area contributed by atoms with Gasteiger partial charge in [-0.2, -0.15) is 0 Å². The molecule has 1 N–H and O–H groups in total. The molecule has 7 heteroatoms. The zero-order valence-corrected chi connectivity index (χ0v) is 20.2. The van der Waals surface area contributed by atoms with Gasteiger partial charge in [-0.3, -0.25) is 4.79 Å². The molecule has 1 aliphatic carbocycles. The number of benzene rings is 1. The van der Waals surface area contributed by atoms with E-state index in [1.165, 1.54) is 11.3 Å². The number of fused-ring (bicyclic) bond motifs is 1. The number of carbonyl (C=O) groups excluding carboxylic acids is 1. The molecule has 1 saturated heterocycles. The van der Waals surface area contributed by atoms with Gasteiger partial charge in [0, 0.05) is 54.5 Å². The van der Waals surface area contributed by atoms with Crippen LogP contribution in [0, 0.1) is 0 Å². The standard InChI is InChI=1S/C24H32BrN5O/c1-16(2)26-14-20(18-5-7-19(25)8-6-18)24(31)30-12-10-29(11-13-30)23-22-17(3)4-9-21(22)27-15-28-23/h5-8,15-17,20,26H,4,9-14H2,1-3H3/t17-,20?/m1/s1. The van der Waals surface area contributed by atoms with Gasteiger partial charge in [0.05, 0.1) is 5.92 Å². The zero-order chi connectivity index (χ0) is 22.0. The van der Waals surface area contributed by atoms with Crippen molar-refractivity contribution in [2.24, 2.45) is 0 Å². The largest absolute Gasteiger partial charge is 0.353 e. The Morgan fingerprint density at radius 1 is 1.16 bits per heavy atom. The fraction of sp³-hybridized carbons (Fsp3) is 0.542. The molecule has 0 bridgehead atoms. The first-order valence-corrected chi connectivity index (χ1v) is 12.1. The minimum Gasteiger partial charge on any atom is -0.353 e. The molecule has 1 aliphatic heterocycles. The summed E-state index contributed by atoms with van der Waals surface area (Å²) in [5.74, 6) is 1.62. The molecule has 166 valence electrons. The molecule has 1 unspecified atom stereocenters. The third-order valence-electron chi connectivity index (χ3n) is 6.44. The summed E-state index contributed by atoms with van der Waals surface area (Å²) in [7, 11) is 0. The normalized spacial score (nSPS) is 19.6. The Morgan fingerprint density at radius 2 is 1.87 bits per heavy atom. The van der Waals surface area contributed by atoms with Gasteiger partial charge in [0.15, 0.2) is 0 Å². The second kappa shape index (κ2) is 9.65. The van der Waals surface area contributed by atoms with E-state index in [1.807, 2.05) is 17.0 Å². The second-order valence-electron chi connectivity index (χ2n) is 8.98. The molecule has 0 radical (unpaired) electrons. The molecule has 1 amide bonds. The third kappa shape index (κ3) is 4.93. The number of hydrogen-bond acceptors (Lipinski definition) is 5. The average molecular weight is 486 g/mol. The fourth-order valence-corrected chi connectivity index (χ4v) is 4.89. The van der Waals surface area contributed by atoms with Crippen molar-refractivity contribution in [1.29, 1.82) is 0 Å². The van der Waals surface area contributed by atoms with Gasteiger partial charge in [0.2, 0.25) is 5.91 Å². The number of amides is 1. The topological polar surface area (TPSA) is 61.4 Å².